The predicted octanol–water partition coefficient (Wildman–Crippen LogP) is 4.89. The van der Waals surface area contributed by atoms with Gasteiger partial charge in [0.2, 0.25) is 0 Å². The van der Waals surface area contributed by atoms with Crippen molar-refractivity contribution in [2.24, 2.45) is 0 Å². The van der Waals surface area contributed by atoms with Gasteiger partial charge in [0.25, 0.3) is 0 Å². The average Bonchev–Trinajstić information content (AvgIpc) is 2.38. The van der Waals surface area contributed by atoms with E-state index in [0.717, 1.165) is 11.6 Å². The molecule has 0 saturated carbocycles. The third-order valence-electron chi connectivity index (χ3n) is 2.89. The van der Waals surface area contributed by atoms with Gasteiger partial charge in [0.1, 0.15) is 5.69 Å². The van der Waals surface area contributed by atoms with Gasteiger partial charge in [-0.2, -0.15) is 13.2 Å². The van der Waals surface area contributed by atoms with Crippen molar-refractivity contribution in [1.29, 1.82) is 0 Å². The van der Waals surface area contributed by atoms with Gasteiger partial charge in [-0.05, 0) is 29.7 Å². The van der Waals surface area contributed by atoms with Crippen LogP contribution in [0, 0.1) is 0 Å². The molecule has 0 aliphatic heterocycles. The summed E-state index contributed by atoms with van der Waals surface area (Å²) >= 11 is 0. The quantitative estimate of drug-likeness (QED) is 0.753. The van der Waals surface area contributed by atoms with Gasteiger partial charge in [0.15, 0.2) is 0 Å². The van der Waals surface area contributed by atoms with Crippen LogP contribution in [0.4, 0.5) is 13.2 Å². The molecule has 0 saturated heterocycles. The van der Waals surface area contributed by atoms with Crippen LogP contribution in [0.15, 0.2) is 42.5 Å². The molecule has 0 N–H and O–H groups in total. The van der Waals surface area contributed by atoms with E-state index in [0.29, 0.717) is 17.2 Å². The Hall–Kier alpha value is -1.84. The van der Waals surface area contributed by atoms with Crippen molar-refractivity contribution in [3.05, 3.63) is 53.7 Å². The molecule has 0 unspecified atom stereocenters. The Labute approximate surface area is 110 Å². The zero-order chi connectivity index (χ0) is 14.0. The fourth-order valence-corrected chi connectivity index (χ4v) is 1.81. The van der Waals surface area contributed by atoms with Gasteiger partial charge in [-0.15, -0.1) is 0 Å². The van der Waals surface area contributed by atoms with Gasteiger partial charge >= 0.3 is 6.18 Å². The minimum Gasteiger partial charge on any atom is -0.243 e. The van der Waals surface area contributed by atoms with E-state index < -0.39 is 11.9 Å². The lowest BCUT2D eigenvalue weighted by Crippen LogP contribution is -2.08. The Kier molecular flexibility index (Phi) is 3.60. The molecule has 2 aromatic rings. The second-order valence-corrected chi connectivity index (χ2v) is 4.69. The summed E-state index contributed by atoms with van der Waals surface area (Å²) in [6.45, 7) is 4.08. The van der Waals surface area contributed by atoms with Crippen LogP contribution < -0.4 is 0 Å². The standard InChI is InChI=1S/C15H14F3N/c1-10(2)11-5-3-6-12(9-11)13-7-4-8-14(19-13)15(16,17)18/h3-10H,1-2H3. The highest BCUT2D eigenvalue weighted by Gasteiger charge is 2.32. The molecule has 1 aromatic heterocycles. The first kappa shape index (κ1) is 13.6. The van der Waals surface area contributed by atoms with Crippen LogP contribution in [-0.4, -0.2) is 4.98 Å². The molecule has 0 radical (unpaired) electrons. The number of pyridine rings is 1. The zero-order valence-electron chi connectivity index (χ0n) is 10.7. The molecule has 0 spiro atoms. The maximum atomic E-state index is 12.6. The normalized spacial score (nSPS) is 11.9. The molecule has 0 fully saturated rings. The molecule has 2 rings (SSSR count). The third-order valence-corrected chi connectivity index (χ3v) is 2.89. The summed E-state index contributed by atoms with van der Waals surface area (Å²) in [5.74, 6) is 0.325. The van der Waals surface area contributed by atoms with E-state index in [1.165, 1.54) is 6.07 Å². The zero-order valence-corrected chi connectivity index (χ0v) is 10.7. The van der Waals surface area contributed by atoms with Crippen LogP contribution in [0.25, 0.3) is 11.3 Å². The number of aromatic nitrogens is 1. The maximum Gasteiger partial charge on any atom is 0.433 e. The van der Waals surface area contributed by atoms with Crippen molar-refractivity contribution < 1.29 is 13.2 Å². The first-order chi connectivity index (χ1) is 8.88. The van der Waals surface area contributed by atoms with Gasteiger partial charge in [0.05, 0.1) is 5.69 Å². The molecular weight excluding hydrogens is 251 g/mol. The number of benzene rings is 1. The minimum atomic E-state index is -4.41. The third kappa shape index (κ3) is 3.13. The second-order valence-electron chi connectivity index (χ2n) is 4.69. The molecule has 4 heteroatoms. The molecule has 100 valence electrons. The van der Waals surface area contributed by atoms with Gasteiger partial charge in [-0.3, -0.25) is 0 Å². The summed E-state index contributed by atoms with van der Waals surface area (Å²) in [6.07, 6.45) is -4.41. The number of hydrogen-bond donors (Lipinski definition) is 0. The van der Waals surface area contributed by atoms with E-state index >= 15 is 0 Å². The summed E-state index contributed by atoms with van der Waals surface area (Å²) in [4.78, 5) is 3.69. The van der Waals surface area contributed by atoms with Crippen molar-refractivity contribution in [3.63, 3.8) is 0 Å². The van der Waals surface area contributed by atoms with Crippen LogP contribution in [0.1, 0.15) is 31.0 Å². The predicted molar refractivity (Wildman–Crippen MR) is 68.8 cm³/mol. The topological polar surface area (TPSA) is 12.9 Å². The van der Waals surface area contributed by atoms with Gasteiger partial charge in [0, 0.05) is 5.56 Å². The molecule has 1 aromatic carbocycles. The molecule has 0 bridgehead atoms. The lowest BCUT2D eigenvalue weighted by molar-refractivity contribution is -0.141. The molecule has 0 aliphatic rings. The van der Waals surface area contributed by atoms with E-state index in [-0.39, 0.29) is 0 Å². The molecule has 0 amide bonds. The van der Waals surface area contributed by atoms with Gasteiger partial charge in [-0.25, -0.2) is 4.98 Å². The first-order valence-corrected chi connectivity index (χ1v) is 6.02. The molecule has 0 atom stereocenters. The van der Waals surface area contributed by atoms with Gasteiger partial charge < -0.3 is 0 Å². The van der Waals surface area contributed by atoms with Crippen molar-refractivity contribution in [1.82, 2.24) is 4.98 Å². The van der Waals surface area contributed by atoms with Crippen LogP contribution in [0.3, 0.4) is 0 Å². The largest absolute Gasteiger partial charge is 0.433 e. The average molecular weight is 265 g/mol. The number of rotatable bonds is 2. The molecule has 1 nitrogen and oxygen atoms in total. The van der Waals surface area contributed by atoms with Crippen LogP contribution in [-0.2, 0) is 6.18 Å². The van der Waals surface area contributed by atoms with Crippen molar-refractivity contribution in [2.75, 3.05) is 0 Å². The minimum absolute atomic E-state index is 0.325. The number of nitrogens with zero attached hydrogens (tertiary/aromatic N) is 1. The van der Waals surface area contributed by atoms with E-state index in [1.807, 2.05) is 32.0 Å². The number of hydrogen-bond acceptors (Lipinski definition) is 1. The maximum absolute atomic E-state index is 12.6. The Morgan fingerprint density at radius 3 is 2.32 bits per heavy atom. The fraction of sp³-hybridized carbons (Fsp3) is 0.267. The molecule has 1 heterocycles. The molecule has 19 heavy (non-hydrogen) atoms. The lowest BCUT2D eigenvalue weighted by Gasteiger charge is -2.10. The van der Waals surface area contributed by atoms with E-state index in [4.69, 9.17) is 0 Å². The van der Waals surface area contributed by atoms with Crippen molar-refractivity contribution in [3.8, 4) is 11.3 Å². The van der Waals surface area contributed by atoms with E-state index in [2.05, 4.69) is 4.98 Å². The Morgan fingerprint density at radius 2 is 1.68 bits per heavy atom. The first-order valence-electron chi connectivity index (χ1n) is 6.02. The summed E-state index contributed by atoms with van der Waals surface area (Å²) < 4.78 is 37.9. The van der Waals surface area contributed by atoms with Gasteiger partial charge in [-0.1, -0.05) is 38.1 Å². The Morgan fingerprint density at radius 1 is 1.00 bits per heavy atom. The molecular formula is C15H14F3N. The van der Waals surface area contributed by atoms with Crippen LogP contribution in [0.5, 0.6) is 0 Å². The summed E-state index contributed by atoms with van der Waals surface area (Å²) in [5.41, 5.74) is 1.27. The summed E-state index contributed by atoms with van der Waals surface area (Å²) in [6, 6.07) is 11.4. The highest BCUT2D eigenvalue weighted by molar-refractivity contribution is 5.60. The highest BCUT2D eigenvalue weighted by atomic mass is 19.4. The Balaban J connectivity index is 2.45. The Bertz CT molecular complexity index is 574. The molecule has 0 aliphatic carbocycles. The van der Waals surface area contributed by atoms with Crippen LogP contribution >= 0.6 is 0 Å². The smallest absolute Gasteiger partial charge is 0.243 e. The SMILES string of the molecule is CC(C)c1cccc(-c2cccc(C(F)(F)F)n2)c1. The van der Waals surface area contributed by atoms with Crippen LogP contribution in [0.2, 0.25) is 0 Å². The highest BCUT2D eigenvalue weighted by Crippen LogP contribution is 2.30. The van der Waals surface area contributed by atoms with E-state index in [1.54, 1.807) is 12.1 Å². The monoisotopic (exact) mass is 265 g/mol. The fourth-order valence-electron chi connectivity index (χ4n) is 1.81. The van der Waals surface area contributed by atoms with Crippen molar-refractivity contribution in [2.45, 2.75) is 25.9 Å². The second kappa shape index (κ2) is 5.03. The number of halogens is 3. The van der Waals surface area contributed by atoms with E-state index in [9.17, 15) is 13.2 Å². The summed E-state index contributed by atoms with van der Waals surface area (Å²) in [7, 11) is 0. The number of alkyl halides is 3. The van der Waals surface area contributed by atoms with Crippen molar-refractivity contribution >= 4 is 0 Å². The summed E-state index contributed by atoms with van der Waals surface area (Å²) in [5, 5.41) is 0. The lowest BCUT2D eigenvalue weighted by atomic mass is 9.99.